The standard InChI is InChI=1S/C41H65N3O8/c1-12-25(4)37(43(8)39(48)29(24(2)3)22-35(46)41(6,7)42)34(50-9)23-36(47)44-19-15-18-32(44)38(51-10)26(5)33(45)21-31(40(49)52-11)30-20-27-16-13-14-17-28(27)30/h13-14,16-17,24-26,29-32,34,37-38H,12,15,18-23,42H2,1-11H3. The average Bonchev–Trinajstić information content (AvgIpc) is 3.58. The lowest BCUT2D eigenvalue weighted by Crippen LogP contribution is -2.54. The first-order chi connectivity index (χ1) is 24.4. The first-order valence-corrected chi connectivity index (χ1v) is 19.0. The predicted molar refractivity (Wildman–Crippen MR) is 200 cm³/mol. The number of rotatable bonds is 20. The molecular formula is C41H65N3O8. The van der Waals surface area contributed by atoms with Crippen LogP contribution in [0, 0.1) is 29.6 Å². The molecule has 11 heteroatoms. The molecule has 11 nitrogen and oxygen atoms in total. The van der Waals surface area contributed by atoms with Gasteiger partial charge in [0.05, 0.1) is 49.3 Å². The van der Waals surface area contributed by atoms with Crippen LogP contribution in [0.4, 0.5) is 0 Å². The molecule has 2 N–H and O–H groups in total. The lowest BCUT2D eigenvalue weighted by atomic mass is 9.68. The maximum atomic E-state index is 14.2. The Morgan fingerprint density at radius 2 is 1.63 bits per heavy atom. The number of Topliss-reactive ketones (excluding diaryl/α,β-unsaturated/α-hetero) is 2. The number of nitrogens with two attached hydrogens (primary N) is 1. The lowest BCUT2D eigenvalue weighted by molar-refractivity contribution is -0.150. The van der Waals surface area contributed by atoms with E-state index in [0.717, 1.165) is 24.8 Å². The van der Waals surface area contributed by atoms with Gasteiger partial charge in [-0.15, -0.1) is 0 Å². The van der Waals surface area contributed by atoms with Gasteiger partial charge in [0.25, 0.3) is 0 Å². The summed E-state index contributed by atoms with van der Waals surface area (Å²) < 4.78 is 17.1. The Balaban J connectivity index is 1.78. The van der Waals surface area contributed by atoms with Gasteiger partial charge >= 0.3 is 5.97 Å². The van der Waals surface area contributed by atoms with E-state index in [1.54, 1.807) is 44.9 Å². The molecule has 9 unspecified atom stereocenters. The third-order valence-electron chi connectivity index (χ3n) is 11.9. The molecule has 1 aromatic rings. The van der Waals surface area contributed by atoms with Gasteiger partial charge < -0.3 is 29.7 Å². The van der Waals surface area contributed by atoms with Crippen molar-refractivity contribution >= 4 is 29.4 Å². The SMILES string of the molecule is CCC(C)C(C(CC(=O)N1CCCC1C(OC)C(C)C(=O)CC(C(=O)OC)C1Cc2ccccc21)OC)N(C)C(=O)C(CC(=O)C(C)(C)N)C(C)C. The van der Waals surface area contributed by atoms with Gasteiger partial charge in [0.15, 0.2) is 5.78 Å². The number of benzene rings is 1. The van der Waals surface area contributed by atoms with Gasteiger partial charge in [0.2, 0.25) is 11.8 Å². The summed E-state index contributed by atoms with van der Waals surface area (Å²) in [7, 11) is 6.21. The van der Waals surface area contributed by atoms with Crippen LogP contribution in [0.5, 0.6) is 0 Å². The number of amides is 2. The van der Waals surface area contributed by atoms with Crippen molar-refractivity contribution in [2.24, 2.45) is 35.3 Å². The Morgan fingerprint density at radius 1 is 0.981 bits per heavy atom. The van der Waals surface area contributed by atoms with Gasteiger partial charge in [-0.1, -0.05) is 65.3 Å². The molecule has 0 aromatic heterocycles. The quantitative estimate of drug-likeness (QED) is 0.184. The summed E-state index contributed by atoms with van der Waals surface area (Å²) in [6, 6.07) is 7.20. The molecule has 2 amide bonds. The number of ketones is 2. The molecule has 0 saturated carbocycles. The van der Waals surface area contributed by atoms with Crippen molar-refractivity contribution in [2.75, 3.05) is 34.9 Å². The zero-order chi connectivity index (χ0) is 39.1. The van der Waals surface area contributed by atoms with Crippen molar-refractivity contribution in [3.8, 4) is 0 Å². The van der Waals surface area contributed by atoms with Crippen LogP contribution in [0.15, 0.2) is 24.3 Å². The van der Waals surface area contributed by atoms with E-state index < -0.39 is 47.5 Å². The fourth-order valence-corrected chi connectivity index (χ4v) is 8.27. The number of hydrogen-bond acceptors (Lipinski definition) is 9. The van der Waals surface area contributed by atoms with Crippen molar-refractivity contribution < 1.29 is 38.2 Å². The number of nitrogens with zero attached hydrogens (tertiary/aromatic N) is 2. The summed E-state index contributed by atoms with van der Waals surface area (Å²) in [5.74, 6) is -2.91. The largest absolute Gasteiger partial charge is 0.469 e. The van der Waals surface area contributed by atoms with E-state index in [9.17, 15) is 24.0 Å². The van der Waals surface area contributed by atoms with Gasteiger partial charge in [-0.05, 0) is 56.1 Å². The van der Waals surface area contributed by atoms with E-state index >= 15 is 0 Å². The number of ether oxygens (including phenoxy) is 3. The Bertz CT molecular complexity index is 1410. The molecule has 9 atom stereocenters. The molecule has 0 spiro atoms. The van der Waals surface area contributed by atoms with Crippen LogP contribution in [-0.2, 0) is 44.6 Å². The van der Waals surface area contributed by atoms with Crippen LogP contribution in [0.3, 0.4) is 0 Å². The van der Waals surface area contributed by atoms with E-state index in [-0.39, 0.29) is 66.4 Å². The highest BCUT2D eigenvalue weighted by atomic mass is 16.5. The van der Waals surface area contributed by atoms with E-state index in [0.29, 0.717) is 13.0 Å². The molecule has 2 aliphatic rings. The molecule has 1 fully saturated rings. The molecule has 0 radical (unpaired) electrons. The summed E-state index contributed by atoms with van der Waals surface area (Å²) in [6.45, 7) is 13.6. The highest BCUT2D eigenvalue weighted by Gasteiger charge is 2.45. The van der Waals surface area contributed by atoms with E-state index in [2.05, 4.69) is 0 Å². The third kappa shape index (κ3) is 9.88. The second-order valence-electron chi connectivity index (χ2n) is 16.1. The van der Waals surface area contributed by atoms with Crippen LogP contribution in [0.25, 0.3) is 0 Å². The summed E-state index contributed by atoms with van der Waals surface area (Å²) in [6.07, 6.45) is 1.81. The maximum absolute atomic E-state index is 14.2. The molecule has 1 aliphatic carbocycles. The van der Waals surface area contributed by atoms with Gasteiger partial charge in [-0.2, -0.15) is 0 Å². The van der Waals surface area contributed by atoms with Crippen molar-refractivity contribution in [1.29, 1.82) is 0 Å². The average molecular weight is 728 g/mol. The minimum Gasteiger partial charge on any atom is -0.469 e. The summed E-state index contributed by atoms with van der Waals surface area (Å²) >= 11 is 0. The Kier molecular flexibility index (Phi) is 15.6. The maximum Gasteiger partial charge on any atom is 0.309 e. The van der Waals surface area contributed by atoms with Crippen LogP contribution < -0.4 is 5.73 Å². The topological polar surface area (TPSA) is 146 Å². The first-order valence-electron chi connectivity index (χ1n) is 19.0. The van der Waals surface area contributed by atoms with Crippen molar-refractivity contribution in [3.05, 3.63) is 35.4 Å². The van der Waals surface area contributed by atoms with Gasteiger partial charge in [-0.25, -0.2) is 0 Å². The highest BCUT2D eigenvalue weighted by Crippen LogP contribution is 2.43. The zero-order valence-electron chi connectivity index (χ0n) is 33.5. The normalized spacial score (nSPS) is 21.2. The number of methoxy groups -OCH3 is 3. The summed E-state index contributed by atoms with van der Waals surface area (Å²) in [5.41, 5.74) is 7.30. The number of hydrogen-bond donors (Lipinski definition) is 1. The Labute approximate surface area is 311 Å². The van der Waals surface area contributed by atoms with E-state index in [1.807, 2.05) is 58.9 Å². The molecule has 1 aromatic carbocycles. The van der Waals surface area contributed by atoms with Crippen LogP contribution in [-0.4, -0.2) is 104 Å². The molecular weight excluding hydrogens is 662 g/mol. The fraction of sp³-hybridized carbons (Fsp3) is 0.732. The highest BCUT2D eigenvalue weighted by molar-refractivity contribution is 5.92. The molecule has 292 valence electrons. The number of likely N-dealkylation sites (tertiary alicyclic amines) is 1. The second kappa shape index (κ2) is 18.7. The summed E-state index contributed by atoms with van der Waals surface area (Å²) in [4.78, 5) is 71.4. The zero-order valence-corrected chi connectivity index (χ0v) is 33.5. The number of carbonyl (C=O) groups excluding carboxylic acids is 5. The molecule has 1 heterocycles. The number of likely N-dealkylation sites (N-methyl/N-ethyl adjacent to an activating group) is 1. The minimum atomic E-state index is -1.05. The van der Waals surface area contributed by atoms with Gasteiger partial charge in [0.1, 0.15) is 5.78 Å². The van der Waals surface area contributed by atoms with Crippen molar-refractivity contribution in [1.82, 2.24) is 9.80 Å². The molecule has 3 rings (SSSR count). The molecule has 0 bridgehead atoms. The van der Waals surface area contributed by atoms with E-state index in [1.165, 1.54) is 12.7 Å². The van der Waals surface area contributed by atoms with Crippen LogP contribution >= 0.6 is 0 Å². The molecule has 1 aliphatic heterocycles. The molecule has 52 heavy (non-hydrogen) atoms. The van der Waals surface area contributed by atoms with Gasteiger partial charge in [0, 0.05) is 58.4 Å². The Hall–Kier alpha value is -3.15. The van der Waals surface area contributed by atoms with Crippen molar-refractivity contribution in [2.45, 2.75) is 129 Å². The minimum absolute atomic E-state index is 0.00899. The third-order valence-corrected chi connectivity index (χ3v) is 11.9. The monoisotopic (exact) mass is 727 g/mol. The molecule has 1 saturated heterocycles. The summed E-state index contributed by atoms with van der Waals surface area (Å²) in [5, 5.41) is 0. The lowest BCUT2D eigenvalue weighted by Gasteiger charge is -2.41. The first kappa shape index (κ1) is 43.3. The van der Waals surface area contributed by atoms with Crippen LogP contribution in [0.1, 0.15) is 104 Å². The number of carbonyl (C=O) groups is 5. The smallest absolute Gasteiger partial charge is 0.309 e. The number of esters is 1. The van der Waals surface area contributed by atoms with Crippen molar-refractivity contribution in [3.63, 3.8) is 0 Å². The second-order valence-corrected chi connectivity index (χ2v) is 16.1. The number of fused-ring (bicyclic) bond motifs is 1. The fourth-order valence-electron chi connectivity index (χ4n) is 8.27. The Morgan fingerprint density at radius 3 is 2.17 bits per heavy atom. The van der Waals surface area contributed by atoms with Gasteiger partial charge in [-0.3, -0.25) is 24.0 Å². The van der Waals surface area contributed by atoms with Crippen LogP contribution in [0.2, 0.25) is 0 Å². The predicted octanol–water partition coefficient (Wildman–Crippen LogP) is 4.96. The van der Waals surface area contributed by atoms with E-state index in [4.69, 9.17) is 19.9 Å².